The number of nitrogens with one attached hydrogen (secondary N) is 1. The summed E-state index contributed by atoms with van der Waals surface area (Å²) < 4.78 is 5.72. The average molecular weight is 369 g/mol. The number of rotatable bonds is 13. The van der Waals surface area contributed by atoms with E-state index in [2.05, 4.69) is 22.1 Å². The predicted molar refractivity (Wildman–Crippen MR) is 108 cm³/mol. The maximum absolute atomic E-state index is 11.1. The molecule has 6 heteroatoms. The molecular formula is C20H40N4O2. The number of carbonyl (C=O) groups is 1. The van der Waals surface area contributed by atoms with Crippen LogP contribution in [0.4, 0.5) is 0 Å². The van der Waals surface area contributed by atoms with E-state index in [1.54, 1.807) is 0 Å². The highest BCUT2D eigenvalue weighted by atomic mass is 16.5. The first-order valence-corrected chi connectivity index (χ1v) is 10.5. The van der Waals surface area contributed by atoms with Gasteiger partial charge in [-0.25, -0.2) is 0 Å². The van der Waals surface area contributed by atoms with Crippen LogP contribution in [0.25, 0.3) is 0 Å². The number of unbranched alkanes of at least 4 members (excludes halogenated alkanes) is 5. The molecule has 26 heavy (non-hydrogen) atoms. The van der Waals surface area contributed by atoms with Crippen molar-refractivity contribution in [3.63, 3.8) is 0 Å². The summed E-state index contributed by atoms with van der Waals surface area (Å²) in [6, 6.07) is 0. The molecule has 1 amide bonds. The van der Waals surface area contributed by atoms with Crippen LogP contribution in [-0.4, -0.2) is 56.7 Å². The minimum Gasteiger partial charge on any atom is -0.381 e. The number of amides is 1. The Morgan fingerprint density at radius 1 is 1.19 bits per heavy atom. The summed E-state index contributed by atoms with van der Waals surface area (Å²) >= 11 is 0. The quantitative estimate of drug-likeness (QED) is 0.298. The van der Waals surface area contributed by atoms with Crippen molar-refractivity contribution in [1.82, 2.24) is 10.2 Å². The second-order valence-electron chi connectivity index (χ2n) is 7.33. The van der Waals surface area contributed by atoms with Gasteiger partial charge >= 0.3 is 0 Å². The summed E-state index contributed by atoms with van der Waals surface area (Å²) in [5, 5.41) is 3.42. The van der Waals surface area contributed by atoms with Crippen molar-refractivity contribution in [2.45, 2.75) is 71.1 Å². The minimum absolute atomic E-state index is 0.206. The Morgan fingerprint density at radius 2 is 1.92 bits per heavy atom. The fourth-order valence-corrected chi connectivity index (χ4v) is 3.50. The Hall–Kier alpha value is -1.30. The summed E-state index contributed by atoms with van der Waals surface area (Å²) in [5.41, 5.74) is 5.34. The molecule has 1 aliphatic rings. The Labute approximate surface area is 159 Å². The average Bonchev–Trinajstić information content (AvgIpc) is 2.62. The van der Waals surface area contributed by atoms with E-state index in [0.29, 0.717) is 12.3 Å². The number of ether oxygens (including phenoxy) is 1. The zero-order valence-electron chi connectivity index (χ0n) is 17.0. The van der Waals surface area contributed by atoms with E-state index in [1.807, 2.05) is 7.05 Å². The van der Waals surface area contributed by atoms with Gasteiger partial charge in [-0.1, -0.05) is 39.0 Å². The summed E-state index contributed by atoms with van der Waals surface area (Å²) in [4.78, 5) is 17.8. The molecule has 3 N–H and O–H groups in total. The fraction of sp³-hybridized carbons (Fsp3) is 0.900. The van der Waals surface area contributed by atoms with Gasteiger partial charge in [0.1, 0.15) is 0 Å². The molecule has 1 atom stereocenters. The van der Waals surface area contributed by atoms with Gasteiger partial charge in [-0.15, -0.1) is 0 Å². The molecule has 0 aromatic carbocycles. The molecule has 0 aliphatic carbocycles. The molecule has 1 saturated heterocycles. The van der Waals surface area contributed by atoms with E-state index < -0.39 is 0 Å². The van der Waals surface area contributed by atoms with Crippen LogP contribution in [0.5, 0.6) is 0 Å². The third-order valence-corrected chi connectivity index (χ3v) is 4.91. The highest BCUT2D eigenvalue weighted by molar-refractivity contribution is 5.80. The highest BCUT2D eigenvalue weighted by Crippen LogP contribution is 2.19. The summed E-state index contributed by atoms with van der Waals surface area (Å²) in [6.07, 6.45) is 11.4. The minimum atomic E-state index is -0.206. The topological polar surface area (TPSA) is 79.9 Å². The zero-order valence-corrected chi connectivity index (χ0v) is 17.0. The number of piperidine rings is 1. The van der Waals surface area contributed by atoms with Crippen molar-refractivity contribution in [1.29, 1.82) is 0 Å². The third kappa shape index (κ3) is 10.6. The molecule has 0 spiro atoms. The second-order valence-corrected chi connectivity index (χ2v) is 7.33. The number of nitrogens with two attached hydrogens (primary N) is 1. The van der Waals surface area contributed by atoms with Crippen molar-refractivity contribution in [3.8, 4) is 0 Å². The van der Waals surface area contributed by atoms with E-state index in [1.165, 1.54) is 38.5 Å². The number of aliphatic imine (C=N–C) groups is 1. The number of guanidine groups is 1. The lowest BCUT2D eigenvalue weighted by molar-refractivity contribution is -0.119. The van der Waals surface area contributed by atoms with E-state index in [-0.39, 0.29) is 5.91 Å². The van der Waals surface area contributed by atoms with Crippen LogP contribution in [-0.2, 0) is 9.53 Å². The van der Waals surface area contributed by atoms with Crippen LogP contribution < -0.4 is 11.1 Å². The van der Waals surface area contributed by atoms with Crippen molar-refractivity contribution < 1.29 is 9.53 Å². The first kappa shape index (κ1) is 22.7. The van der Waals surface area contributed by atoms with Crippen molar-refractivity contribution in [2.75, 3.05) is 39.9 Å². The molecule has 0 bridgehead atoms. The Bertz CT molecular complexity index is 401. The molecular weight excluding hydrogens is 328 g/mol. The van der Waals surface area contributed by atoms with Gasteiger partial charge in [0.25, 0.3) is 0 Å². The van der Waals surface area contributed by atoms with Gasteiger partial charge in [-0.2, -0.15) is 0 Å². The van der Waals surface area contributed by atoms with E-state index in [0.717, 1.165) is 58.1 Å². The molecule has 152 valence electrons. The number of likely N-dealkylation sites (tertiary alicyclic amines) is 1. The van der Waals surface area contributed by atoms with Crippen LogP contribution in [0.2, 0.25) is 0 Å². The monoisotopic (exact) mass is 368 g/mol. The smallest absolute Gasteiger partial charge is 0.217 e. The lowest BCUT2D eigenvalue weighted by Gasteiger charge is -2.34. The predicted octanol–water partition coefficient (Wildman–Crippen LogP) is 2.92. The Morgan fingerprint density at radius 3 is 2.65 bits per heavy atom. The molecule has 1 fully saturated rings. The van der Waals surface area contributed by atoms with Gasteiger partial charge < -0.3 is 20.7 Å². The molecule has 1 heterocycles. The second kappa shape index (κ2) is 14.8. The molecule has 0 radical (unpaired) electrons. The Kier molecular flexibility index (Phi) is 13.0. The number of nitrogens with zero attached hydrogens (tertiary/aromatic N) is 2. The molecule has 1 unspecified atom stereocenters. The summed E-state index contributed by atoms with van der Waals surface area (Å²) in [7, 11) is 1.81. The number of hydrogen-bond acceptors (Lipinski definition) is 3. The molecule has 0 aromatic heterocycles. The van der Waals surface area contributed by atoms with E-state index in [9.17, 15) is 4.79 Å². The van der Waals surface area contributed by atoms with Crippen LogP contribution in [0.3, 0.4) is 0 Å². The van der Waals surface area contributed by atoms with Crippen LogP contribution in [0.15, 0.2) is 4.99 Å². The van der Waals surface area contributed by atoms with Gasteiger partial charge in [0.05, 0.1) is 0 Å². The summed E-state index contributed by atoms with van der Waals surface area (Å²) in [6.45, 7) is 6.63. The fourth-order valence-electron chi connectivity index (χ4n) is 3.50. The SMILES string of the molecule is CCCCCCCCOCCCNC(=NC)N1CCCC(CC(N)=O)C1. The molecule has 6 nitrogen and oxygen atoms in total. The molecule has 0 aromatic rings. The van der Waals surface area contributed by atoms with Crippen LogP contribution in [0.1, 0.15) is 71.1 Å². The number of carbonyl (C=O) groups excluding carboxylic acids is 1. The Balaban J connectivity index is 2.07. The maximum atomic E-state index is 11.1. The van der Waals surface area contributed by atoms with E-state index >= 15 is 0 Å². The number of hydrogen-bond donors (Lipinski definition) is 2. The third-order valence-electron chi connectivity index (χ3n) is 4.91. The lowest BCUT2D eigenvalue weighted by atomic mass is 9.95. The van der Waals surface area contributed by atoms with Gasteiger partial charge in [-0.05, 0) is 31.6 Å². The molecule has 0 saturated carbocycles. The first-order valence-electron chi connectivity index (χ1n) is 10.5. The summed E-state index contributed by atoms with van der Waals surface area (Å²) in [5.74, 6) is 1.07. The van der Waals surface area contributed by atoms with Crippen LogP contribution >= 0.6 is 0 Å². The van der Waals surface area contributed by atoms with Gasteiger partial charge in [0.15, 0.2) is 5.96 Å². The van der Waals surface area contributed by atoms with Crippen molar-refractivity contribution in [3.05, 3.63) is 0 Å². The van der Waals surface area contributed by atoms with E-state index in [4.69, 9.17) is 10.5 Å². The highest BCUT2D eigenvalue weighted by Gasteiger charge is 2.23. The van der Waals surface area contributed by atoms with Gasteiger partial charge in [0, 0.05) is 46.3 Å². The van der Waals surface area contributed by atoms with Gasteiger partial charge in [-0.3, -0.25) is 9.79 Å². The normalized spacial score (nSPS) is 18.2. The maximum Gasteiger partial charge on any atom is 0.217 e. The van der Waals surface area contributed by atoms with Crippen molar-refractivity contribution >= 4 is 11.9 Å². The standard InChI is InChI=1S/C20H40N4O2/c1-3-4-5-6-7-8-14-26-15-10-12-23-20(22-2)24-13-9-11-18(17-24)16-19(21)25/h18H,3-17H2,1-2H3,(H2,21,25)(H,22,23). The largest absolute Gasteiger partial charge is 0.381 e. The van der Waals surface area contributed by atoms with Gasteiger partial charge in [0.2, 0.25) is 5.91 Å². The first-order chi connectivity index (χ1) is 12.7. The molecule has 1 rings (SSSR count). The van der Waals surface area contributed by atoms with Crippen molar-refractivity contribution in [2.24, 2.45) is 16.6 Å². The lowest BCUT2D eigenvalue weighted by Crippen LogP contribution is -2.47. The number of primary amides is 1. The zero-order chi connectivity index (χ0) is 19.0. The molecule has 1 aliphatic heterocycles. The van der Waals surface area contributed by atoms with Crippen LogP contribution in [0, 0.1) is 5.92 Å².